The molecule has 4 aromatic rings. The van der Waals surface area contributed by atoms with Crippen LogP contribution in [0.5, 0.6) is 23.0 Å². The van der Waals surface area contributed by atoms with Crippen LogP contribution in [0.15, 0.2) is 109 Å². The predicted molar refractivity (Wildman–Crippen MR) is 180 cm³/mol. The molecule has 50 heavy (non-hydrogen) atoms. The van der Waals surface area contributed by atoms with E-state index in [-0.39, 0.29) is 26.2 Å². The van der Waals surface area contributed by atoms with Crippen molar-refractivity contribution in [2.75, 3.05) is 26.3 Å². The standard InChI is InChI=1S/C38H38N2O10/c41-21-19-39(23-25-11-15-29(16-12-25)49-27-7-3-1-4-8-27)35(43)31-33(37(45)46)32(34(31)38(47)48)36(44)40(20-22-42)24-26-13-17-30(18-14-26)50-28-9-5-2-6-10-28/h1-18,31-34,41-42H,19-24H2,(H,45,46)(H,47,48). The summed E-state index contributed by atoms with van der Waals surface area (Å²) >= 11 is 0. The van der Waals surface area contributed by atoms with Crippen LogP contribution >= 0.6 is 0 Å². The molecular weight excluding hydrogens is 644 g/mol. The first-order valence-electron chi connectivity index (χ1n) is 16.1. The third-order valence-electron chi connectivity index (χ3n) is 8.60. The van der Waals surface area contributed by atoms with Gasteiger partial charge in [-0.25, -0.2) is 0 Å². The highest BCUT2D eigenvalue weighted by atomic mass is 16.5. The quantitative estimate of drug-likeness (QED) is 0.134. The maximum absolute atomic E-state index is 13.9. The Morgan fingerprint density at radius 1 is 0.480 bits per heavy atom. The van der Waals surface area contributed by atoms with Crippen LogP contribution in [0.25, 0.3) is 0 Å². The fourth-order valence-electron chi connectivity index (χ4n) is 6.19. The fraction of sp³-hybridized carbons (Fsp3) is 0.263. The molecular formula is C38H38N2O10. The molecule has 4 N–H and O–H groups in total. The number of aliphatic carboxylic acids is 2. The molecule has 12 nitrogen and oxygen atoms in total. The lowest BCUT2D eigenvalue weighted by Gasteiger charge is -2.48. The van der Waals surface area contributed by atoms with Crippen molar-refractivity contribution < 1.29 is 49.1 Å². The molecule has 1 saturated carbocycles. The zero-order valence-corrected chi connectivity index (χ0v) is 27.1. The molecule has 0 aromatic heterocycles. The average molecular weight is 683 g/mol. The van der Waals surface area contributed by atoms with Gasteiger partial charge in [0.15, 0.2) is 0 Å². The Morgan fingerprint density at radius 2 is 0.800 bits per heavy atom. The minimum Gasteiger partial charge on any atom is -0.481 e. The Hall–Kier alpha value is -5.72. The first-order chi connectivity index (χ1) is 24.2. The summed E-state index contributed by atoms with van der Waals surface area (Å²) in [5, 5.41) is 40.0. The number of hydrogen-bond acceptors (Lipinski definition) is 8. The normalized spacial score (nSPS) is 18.0. The van der Waals surface area contributed by atoms with Gasteiger partial charge < -0.3 is 39.7 Å². The number of ether oxygens (including phenoxy) is 2. The summed E-state index contributed by atoms with van der Waals surface area (Å²) in [6.45, 7) is -1.36. The van der Waals surface area contributed by atoms with Gasteiger partial charge in [0.05, 0.1) is 36.9 Å². The van der Waals surface area contributed by atoms with Gasteiger partial charge in [-0.05, 0) is 59.7 Å². The summed E-state index contributed by atoms with van der Waals surface area (Å²) in [5.74, 6) is -8.61. The number of rotatable bonds is 16. The van der Waals surface area contributed by atoms with Crippen LogP contribution in [0.1, 0.15) is 11.1 Å². The molecule has 0 heterocycles. The van der Waals surface area contributed by atoms with E-state index in [9.17, 15) is 39.6 Å². The third kappa shape index (κ3) is 8.46. The van der Waals surface area contributed by atoms with Crippen LogP contribution in [0.4, 0.5) is 0 Å². The molecule has 0 aliphatic heterocycles. The number of amides is 2. The number of para-hydroxylation sites is 2. The monoisotopic (exact) mass is 682 g/mol. The van der Waals surface area contributed by atoms with Crippen LogP contribution in [0.3, 0.4) is 0 Å². The summed E-state index contributed by atoms with van der Waals surface area (Å²) in [6, 6.07) is 31.9. The predicted octanol–water partition coefficient (Wildman–Crippen LogP) is 4.26. The number of carboxylic acids is 2. The Morgan fingerprint density at radius 3 is 1.10 bits per heavy atom. The van der Waals surface area contributed by atoms with Crippen molar-refractivity contribution in [3.05, 3.63) is 120 Å². The molecule has 260 valence electrons. The molecule has 0 unspecified atom stereocenters. The number of benzene rings is 4. The van der Waals surface area contributed by atoms with E-state index in [0.717, 1.165) is 0 Å². The average Bonchev–Trinajstić information content (AvgIpc) is 3.09. The Kier molecular flexibility index (Phi) is 11.8. The van der Waals surface area contributed by atoms with Gasteiger partial charge in [-0.1, -0.05) is 60.7 Å². The van der Waals surface area contributed by atoms with Crippen molar-refractivity contribution in [1.82, 2.24) is 9.80 Å². The van der Waals surface area contributed by atoms with E-state index >= 15 is 0 Å². The number of hydrogen-bond donors (Lipinski definition) is 4. The van der Waals surface area contributed by atoms with Crippen molar-refractivity contribution in [3.63, 3.8) is 0 Å². The van der Waals surface area contributed by atoms with Crippen molar-refractivity contribution in [3.8, 4) is 23.0 Å². The van der Waals surface area contributed by atoms with Crippen LogP contribution in [0.2, 0.25) is 0 Å². The minimum absolute atomic E-state index is 0.0422. The highest BCUT2D eigenvalue weighted by Crippen LogP contribution is 2.49. The van der Waals surface area contributed by atoms with Crippen LogP contribution in [-0.2, 0) is 32.3 Å². The zero-order valence-electron chi connectivity index (χ0n) is 27.1. The second-order valence-electron chi connectivity index (χ2n) is 11.9. The highest BCUT2D eigenvalue weighted by molar-refractivity contribution is 5.99. The van der Waals surface area contributed by atoms with Crippen LogP contribution in [0, 0.1) is 23.7 Å². The van der Waals surface area contributed by atoms with Crippen molar-refractivity contribution >= 4 is 23.8 Å². The highest BCUT2D eigenvalue weighted by Gasteiger charge is 2.64. The first kappa shape index (κ1) is 35.6. The molecule has 5 rings (SSSR count). The summed E-state index contributed by atoms with van der Waals surface area (Å²) < 4.78 is 11.6. The van der Waals surface area contributed by atoms with Crippen LogP contribution in [-0.4, -0.2) is 80.3 Å². The summed E-state index contributed by atoms with van der Waals surface area (Å²) in [6.07, 6.45) is 0. The van der Waals surface area contributed by atoms with Gasteiger partial charge in [0.25, 0.3) is 0 Å². The summed E-state index contributed by atoms with van der Waals surface area (Å²) in [7, 11) is 0. The smallest absolute Gasteiger partial charge is 0.308 e. The van der Waals surface area contributed by atoms with Gasteiger partial charge in [0.1, 0.15) is 23.0 Å². The van der Waals surface area contributed by atoms with E-state index < -0.39 is 60.6 Å². The fourth-order valence-corrected chi connectivity index (χ4v) is 6.19. The number of aliphatic hydroxyl groups excluding tert-OH is 2. The zero-order chi connectivity index (χ0) is 35.6. The van der Waals surface area contributed by atoms with Crippen molar-refractivity contribution in [2.24, 2.45) is 23.7 Å². The van der Waals surface area contributed by atoms with Gasteiger partial charge in [0, 0.05) is 26.2 Å². The van der Waals surface area contributed by atoms with Gasteiger partial charge in [-0.2, -0.15) is 0 Å². The molecule has 2 amide bonds. The maximum Gasteiger partial charge on any atom is 0.308 e. The second kappa shape index (κ2) is 16.6. The molecule has 1 aliphatic rings. The number of carbonyl (C=O) groups is 4. The molecule has 0 atom stereocenters. The topological polar surface area (TPSA) is 174 Å². The molecule has 0 saturated heterocycles. The van der Waals surface area contributed by atoms with E-state index in [1.807, 2.05) is 36.4 Å². The van der Waals surface area contributed by atoms with E-state index in [1.54, 1.807) is 72.8 Å². The van der Waals surface area contributed by atoms with Gasteiger partial charge >= 0.3 is 11.9 Å². The van der Waals surface area contributed by atoms with E-state index in [2.05, 4.69) is 0 Å². The Labute approximate surface area is 288 Å². The van der Waals surface area contributed by atoms with Gasteiger partial charge in [0.2, 0.25) is 11.8 Å². The summed E-state index contributed by atoms with van der Waals surface area (Å²) in [5.41, 5.74) is 1.26. The number of carbonyl (C=O) groups excluding carboxylic acids is 2. The molecule has 0 radical (unpaired) electrons. The third-order valence-corrected chi connectivity index (χ3v) is 8.60. The summed E-state index contributed by atoms with van der Waals surface area (Å²) in [4.78, 5) is 55.3. The van der Waals surface area contributed by atoms with E-state index in [4.69, 9.17) is 9.47 Å². The molecule has 1 aliphatic carbocycles. The van der Waals surface area contributed by atoms with Crippen molar-refractivity contribution in [2.45, 2.75) is 13.1 Å². The minimum atomic E-state index is -1.64. The molecule has 12 heteroatoms. The molecule has 0 bridgehead atoms. The van der Waals surface area contributed by atoms with Gasteiger partial charge in [-0.15, -0.1) is 0 Å². The molecule has 0 spiro atoms. The lowest BCUT2D eigenvalue weighted by molar-refractivity contribution is -0.188. The van der Waals surface area contributed by atoms with Gasteiger partial charge in [-0.3, -0.25) is 19.2 Å². The molecule has 4 aromatic carbocycles. The maximum atomic E-state index is 13.9. The Balaban J connectivity index is 1.31. The van der Waals surface area contributed by atoms with Crippen molar-refractivity contribution in [1.29, 1.82) is 0 Å². The van der Waals surface area contributed by atoms with Crippen LogP contribution < -0.4 is 9.47 Å². The molecule has 1 fully saturated rings. The van der Waals surface area contributed by atoms with E-state index in [0.29, 0.717) is 34.1 Å². The number of carboxylic acid groups (broad SMARTS) is 2. The number of aliphatic hydroxyl groups is 2. The first-order valence-corrected chi connectivity index (χ1v) is 16.1. The van der Waals surface area contributed by atoms with E-state index in [1.165, 1.54) is 9.80 Å². The second-order valence-corrected chi connectivity index (χ2v) is 11.9. The lowest BCUT2D eigenvalue weighted by atomic mass is 9.55. The largest absolute Gasteiger partial charge is 0.481 e. The Bertz CT molecular complexity index is 1610. The SMILES string of the molecule is O=C(O)C1C(C(=O)N(CCO)Cc2ccc(Oc3ccccc3)cc2)C(C(=O)O)C1C(=O)N(CCO)Cc1ccc(Oc2ccccc2)cc1. The lowest BCUT2D eigenvalue weighted by Crippen LogP contribution is -2.64. The number of nitrogens with zero attached hydrogens (tertiary/aromatic N) is 2.